The van der Waals surface area contributed by atoms with E-state index in [1.54, 1.807) is 12.1 Å². The molecule has 0 radical (unpaired) electrons. The highest BCUT2D eigenvalue weighted by Crippen LogP contribution is 2.50. The summed E-state index contributed by atoms with van der Waals surface area (Å²) in [6, 6.07) is 17.2. The van der Waals surface area contributed by atoms with Crippen LogP contribution in [0.25, 0.3) is 0 Å². The van der Waals surface area contributed by atoms with Crippen molar-refractivity contribution in [2.45, 2.75) is 10.8 Å². The van der Waals surface area contributed by atoms with Crippen LogP contribution in [0.4, 0.5) is 11.4 Å². The minimum atomic E-state index is -1.02. The van der Waals surface area contributed by atoms with Gasteiger partial charge < -0.3 is 19.6 Å². The number of aromatic carboxylic acids is 1. The Kier molecular flexibility index (Phi) is 5.72. The molecule has 0 atom stereocenters. The van der Waals surface area contributed by atoms with Crippen molar-refractivity contribution >= 4 is 29.1 Å². The zero-order valence-corrected chi connectivity index (χ0v) is 19.1. The molecule has 3 aromatic carbocycles. The van der Waals surface area contributed by atoms with Crippen molar-refractivity contribution in [1.82, 2.24) is 0 Å². The number of thiocyanates is 1. The van der Waals surface area contributed by atoms with Crippen LogP contribution >= 0.6 is 11.8 Å². The van der Waals surface area contributed by atoms with Crippen molar-refractivity contribution < 1.29 is 14.6 Å². The first kappa shape index (κ1) is 21.6. The van der Waals surface area contributed by atoms with Gasteiger partial charge in [0.15, 0.2) is 0 Å². The first-order valence-electron chi connectivity index (χ1n) is 10.0. The van der Waals surface area contributed by atoms with Gasteiger partial charge in [-0.3, -0.25) is 0 Å². The number of carboxylic acids is 1. The molecule has 0 spiro atoms. The number of thioether (sulfide) groups is 1. The minimum absolute atomic E-state index is 0.183. The molecule has 6 nitrogen and oxygen atoms in total. The third-order valence-corrected chi connectivity index (χ3v) is 6.18. The summed E-state index contributed by atoms with van der Waals surface area (Å²) >= 11 is 0.950. The number of fused-ring (bicyclic) bond motifs is 2. The lowest BCUT2D eigenvalue weighted by Crippen LogP contribution is -2.17. The zero-order valence-electron chi connectivity index (χ0n) is 18.3. The van der Waals surface area contributed by atoms with Crippen molar-refractivity contribution in [3.05, 3.63) is 76.9 Å². The third-order valence-electron chi connectivity index (χ3n) is 5.60. The van der Waals surface area contributed by atoms with Crippen molar-refractivity contribution in [1.29, 1.82) is 5.26 Å². The molecule has 0 saturated heterocycles. The van der Waals surface area contributed by atoms with E-state index < -0.39 is 5.97 Å². The van der Waals surface area contributed by atoms with Gasteiger partial charge in [0.1, 0.15) is 16.9 Å². The molecule has 1 heterocycles. The maximum atomic E-state index is 12.2. The van der Waals surface area contributed by atoms with E-state index in [1.807, 2.05) is 85.9 Å². The van der Waals surface area contributed by atoms with Crippen molar-refractivity contribution in [2.75, 3.05) is 38.0 Å². The molecule has 0 fully saturated rings. The van der Waals surface area contributed by atoms with Crippen LogP contribution in [0.1, 0.15) is 33.0 Å². The maximum absolute atomic E-state index is 12.2. The Balaban J connectivity index is 1.96. The van der Waals surface area contributed by atoms with Gasteiger partial charge in [0.25, 0.3) is 0 Å². The molecule has 3 aromatic rings. The van der Waals surface area contributed by atoms with Gasteiger partial charge in [-0.05, 0) is 41.6 Å². The van der Waals surface area contributed by atoms with Gasteiger partial charge in [-0.2, -0.15) is 5.26 Å². The second kappa shape index (κ2) is 8.48. The second-order valence-corrected chi connectivity index (χ2v) is 8.87. The lowest BCUT2D eigenvalue weighted by atomic mass is 9.80. The second-order valence-electron chi connectivity index (χ2n) is 8.02. The Morgan fingerprint density at radius 3 is 1.91 bits per heavy atom. The first-order valence-corrected chi connectivity index (χ1v) is 10.9. The number of nitriles is 1. The summed E-state index contributed by atoms with van der Waals surface area (Å²) in [6.45, 7) is 0. The number of carboxylic acid groups (broad SMARTS) is 1. The van der Waals surface area contributed by atoms with E-state index >= 15 is 0 Å². The molecule has 7 heteroatoms. The fourth-order valence-electron chi connectivity index (χ4n) is 3.97. The number of benzene rings is 3. The molecule has 0 saturated carbocycles. The topological polar surface area (TPSA) is 76.8 Å². The van der Waals surface area contributed by atoms with Crippen molar-refractivity contribution in [2.24, 2.45) is 0 Å². The molecule has 0 aliphatic carbocycles. The van der Waals surface area contributed by atoms with Gasteiger partial charge >= 0.3 is 5.97 Å². The maximum Gasteiger partial charge on any atom is 0.336 e. The number of hydrogen-bond donors (Lipinski definition) is 1. The van der Waals surface area contributed by atoms with Crippen LogP contribution in [0.3, 0.4) is 0 Å². The van der Waals surface area contributed by atoms with Crippen LogP contribution in [-0.2, 0) is 0 Å². The summed E-state index contributed by atoms with van der Waals surface area (Å²) in [5.41, 5.74) is 4.65. The number of ether oxygens (including phenoxy) is 1. The summed E-state index contributed by atoms with van der Waals surface area (Å²) in [7, 11) is 7.87. The van der Waals surface area contributed by atoms with Gasteiger partial charge in [-0.15, -0.1) is 0 Å². The Labute approximate surface area is 191 Å². The van der Waals surface area contributed by atoms with Crippen LogP contribution in [0.2, 0.25) is 0 Å². The van der Waals surface area contributed by atoms with E-state index in [9.17, 15) is 9.90 Å². The molecular weight excluding hydrogens is 422 g/mol. The van der Waals surface area contributed by atoms with Crippen molar-refractivity contribution in [3.63, 3.8) is 0 Å². The summed E-state index contributed by atoms with van der Waals surface area (Å²) in [4.78, 5) is 16.8. The summed E-state index contributed by atoms with van der Waals surface area (Å²) in [5, 5.41) is 21.0. The molecule has 1 N–H and O–H groups in total. The molecule has 0 bridgehead atoms. The van der Waals surface area contributed by atoms with Crippen LogP contribution in [-0.4, -0.2) is 39.3 Å². The van der Waals surface area contributed by atoms with Gasteiger partial charge in [-0.25, -0.2) is 4.79 Å². The standard InChI is InChI=1S/C25H23N3O3S/c1-27(2)15-5-8-19-22(11-15)31-23-12-16(28(3)4)6-9-20(23)24(19)18-10-7-17(32-14-26)13-21(18)25(29)30/h5-13,24H,1-4H3,(H,29,30). The van der Waals surface area contributed by atoms with E-state index in [1.165, 1.54) is 0 Å². The number of rotatable bonds is 5. The number of anilines is 2. The molecule has 32 heavy (non-hydrogen) atoms. The predicted molar refractivity (Wildman–Crippen MR) is 127 cm³/mol. The molecule has 4 rings (SSSR count). The highest BCUT2D eigenvalue weighted by Gasteiger charge is 2.32. The summed E-state index contributed by atoms with van der Waals surface area (Å²) in [5.74, 6) is 0.0751. The zero-order chi connectivity index (χ0) is 23.0. The highest BCUT2D eigenvalue weighted by molar-refractivity contribution is 8.03. The Bertz CT molecular complexity index is 1190. The Morgan fingerprint density at radius 2 is 1.44 bits per heavy atom. The molecule has 0 amide bonds. The number of carbonyl (C=O) groups is 1. The molecular formula is C25H23N3O3S. The number of hydrogen-bond acceptors (Lipinski definition) is 6. The first-order chi connectivity index (χ1) is 15.3. The largest absolute Gasteiger partial charge is 0.478 e. The van der Waals surface area contributed by atoms with Gasteiger partial charge in [0.2, 0.25) is 0 Å². The summed E-state index contributed by atoms with van der Waals surface area (Å²) < 4.78 is 6.33. The van der Waals surface area contributed by atoms with Crippen LogP contribution < -0.4 is 14.5 Å². The predicted octanol–water partition coefficient (Wildman–Crippen LogP) is 5.38. The molecule has 162 valence electrons. The Morgan fingerprint density at radius 1 is 0.906 bits per heavy atom. The van der Waals surface area contributed by atoms with Crippen LogP contribution in [0.5, 0.6) is 11.5 Å². The van der Waals surface area contributed by atoms with E-state index in [4.69, 9.17) is 10.00 Å². The fourth-order valence-corrected chi connectivity index (χ4v) is 4.38. The van der Waals surface area contributed by atoms with Crippen LogP contribution in [0, 0.1) is 10.7 Å². The third kappa shape index (κ3) is 3.85. The molecule has 0 aromatic heterocycles. The fraction of sp³-hybridized carbons (Fsp3) is 0.200. The lowest BCUT2D eigenvalue weighted by Gasteiger charge is -2.31. The normalized spacial score (nSPS) is 12.2. The van der Waals surface area contributed by atoms with E-state index in [2.05, 4.69) is 0 Å². The molecule has 0 unspecified atom stereocenters. The average Bonchev–Trinajstić information content (AvgIpc) is 2.76. The van der Waals surface area contributed by atoms with E-state index in [-0.39, 0.29) is 11.5 Å². The molecule has 1 aliphatic rings. The Hall–Kier alpha value is -3.63. The monoisotopic (exact) mass is 445 g/mol. The van der Waals surface area contributed by atoms with Gasteiger partial charge in [0, 0.05) is 73.6 Å². The minimum Gasteiger partial charge on any atom is -0.478 e. The average molecular weight is 446 g/mol. The van der Waals surface area contributed by atoms with Crippen molar-refractivity contribution in [3.8, 4) is 16.9 Å². The lowest BCUT2D eigenvalue weighted by molar-refractivity contribution is 0.0695. The number of nitrogens with zero attached hydrogens (tertiary/aromatic N) is 3. The van der Waals surface area contributed by atoms with E-state index in [0.717, 1.165) is 34.3 Å². The SMILES string of the molecule is CN(C)c1ccc2c(c1)Oc1cc(N(C)C)ccc1C2c1ccc(SC#N)cc1C(=O)O. The smallest absolute Gasteiger partial charge is 0.336 e. The van der Waals surface area contributed by atoms with Crippen LogP contribution in [0.15, 0.2) is 59.5 Å². The molecule has 1 aliphatic heterocycles. The quantitative estimate of drug-likeness (QED) is 0.327. The highest BCUT2D eigenvalue weighted by atomic mass is 32.2. The van der Waals surface area contributed by atoms with E-state index in [0.29, 0.717) is 22.0 Å². The summed E-state index contributed by atoms with van der Waals surface area (Å²) in [6.07, 6.45) is 0. The van der Waals surface area contributed by atoms with Gasteiger partial charge in [0.05, 0.1) is 5.56 Å². The van der Waals surface area contributed by atoms with Gasteiger partial charge in [-0.1, -0.05) is 18.2 Å².